The second-order valence-electron chi connectivity index (χ2n) is 3.02. The molecule has 2 heteroatoms. The topological polar surface area (TPSA) is 9.23 Å². The van der Waals surface area contributed by atoms with Crippen LogP contribution in [0.5, 0.6) is 5.75 Å². The van der Waals surface area contributed by atoms with E-state index in [1.807, 2.05) is 12.1 Å². The zero-order chi connectivity index (χ0) is 9.14. The Labute approximate surface area is 77.3 Å². The third kappa shape index (κ3) is 2.18. The average Bonchev–Trinajstić information content (AvgIpc) is 1.98. The maximum absolute atomic E-state index is 5.65. The SMILES string of the molecule is Cc1cccc(O[S+](C)C)c1C. The highest BCUT2D eigenvalue weighted by Crippen LogP contribution is 2.21. The van der Waals surface area contributed by atoms with Gasteiger partial charge in [0.05, 0.1) is 0 Å². The fourth-order valence-corrected chi connectivity index (χ4v) is 1.53. The van der Waals surface area contributed by atoms with Gasteiger partial charge in [-0.15, -0.1) is 0 Å². The number of benzene rings is 1. The Morgan fingerprint density at radius 1 is 1.17 bits per heavy atom. The summed E-state index contributed by atoms with van der Waals surface area (Å²) in [5.74, 6) is 1.02. The molecular weight excluding hydrogens is 168 g/mol. The van der Waals surface area contributed by atoms with Gasteiger partial charge in [0.2, 0.25) is 0 Å². The molecule has 1 aromatic rings. The van der Waals surface area contributed by atoms with Crippen molar-refractivity contribution in [2.75, 3.05) is 12.5 Å². The van der Waals surface area contributed by atoms with Crippen LogP contribution in [0.2, 0.25) is 0 Å². The fraction of sp³-hybridized carbons (Fsp3) is 0.400. The van der Waals surface area contributed by atoms with Gasteiger partial charge in [-0.05, 0) is 25.5 Å². The van der Waals surface area contributed by atoms with E-state index in [2.05, 4.69) is 32.4 Å². The Morgan fingerprint density at radius 3 is 2.42 bits per heavy atom. The molecule has 0 heterocycles. The number of aryl methyl sites for hydroxylation is 1. The van der Waals surface area contributed by atoms with Crippen molar-refractivity contribution in [2.24, 2.45) is 0 Å². The second-order valence-corrected chi connectivity index (χ2v) is 4.67. The molecular formula is C10H15OS+. The quantitative estimate of drug-likeness (QED) is 0.640. The van der Waals surface area contributed by atoms with Crippen molar-refractivity contribution in [2.45, 2.75) is 13.8 Å². The first-order valence-corrected chi connectivity index (χ1v) is 5.90. The molecule has 66 valence electrons. The minimum absolute atomic E-state index is 0.0149. The van der Waals surface area contributed by atoms with Gasteiger partial charge in [-0.25, -0.2) is 0 Å². The van der Waals surface area contributed by atoms with Crippen LogP contribution >= 0.6 is 0 Å². The third-order valence-electron chi connectivity index (χ3n) is 1.81. The van der Waals surface area contributed by atoms with Crippen molar-refractivity contribution >= 4 is 11.2 Å². The Hall–Kier alpha value is -0.630. The monoisotopic (exact) mass is 183 g/mol. The summed E-state index contributed by atoms with van der Waals surface area (Å²) in [6.45, 7) is 4.20. The lowest BCUT2D eigenvalue weighted by Gasteiger charge is -2.05. The van der Waals surface area contributed by atoms with Crippen LogP contribution in [0.15, 0.2) is 18.2 Å². The lowest BCUT2D eigenvalue weighted by Crippen LogP contribution is -2.05. The molecule has 0 unspecified atom stereocenters. The summed E-state index contributed by atoms with van der Waals surface area (Å²) in [4.78, 5) is 0. The van der Waals surface area contributed by atoms with Gasteiger partial charge in [-0.3, -0.25) is 4.18 Å². The largest absolute Gasteiger partial charge is 0.286 e. The highest BCUT2D eigenvalue weighted by atomic mass is 32.2. The number of hydrogen-bond donors (Lipinski definition) is 0. The summed E-state index contributed by atoms with van der Waals surface area (Å²) < 4.78 is 5.65. The molecule has 0 aliphatic heterocycles. The molecule has 0 aliphatic carbocycles. The van der Waals surface area contributed by atoms with Crippen LogP contribution in [0.4, 0.5) is 0 Å². The van der Waals surface area contributed by atoms with Gasteiger partial charge in [0, 0.05) is 5.56 Å². The van der Waals surface area contributed by atoms with E-state index in [1.165, 1.54) is 11.1 Å². The highest BCUT2D eigenvalue weighted by Gasteiger charge is 2.09. The Bertz CT molecular complexity index is 269. The molecule has 0 amide bonds. The molecule has 0 fully saturated rings. The van der Waals surface area contributed by atoms with Gasteiger partial charge in [0.1, 0.15) is 12.5 Å². The van der Waals surface area contributed by atoms with Gasteiger partial charge >= 0.3 is 0 Å². The standard InChI is InChI=1S/C10H15OS/c1-8-6-5-7-10(9(8)2)11-12(3)4/h5-7H,1-4H3/q+1. The zero-order valence-corrected chi connectivity index (χ0v) is 8.87. The van der Waals surface area contributed by atoms with Gasteiger partial charge in [0.25, 0.3) is 0 Å². The van der Waals surface area contributed by atoms with Crippen molar-refractivity contribution < 1.29 is 4.18 Å². The van der Waals surface area contributed by atoms with E-state index in [9.17, 15) is 0 Å². The molecule has 0 N–H and O–H groups in total. The lowest BCUT2D eigenvalue weighted by atomic mass is 10.1. The number of rotatable bonds is 2. The molecule has 0 radical (unpaired) electrons. The second kappa shape index (κ2) is 3.85. The molecule has 0 atom stereocenters. The normalized spacial score (nSPS) is 10.4. The molecule has 0 aromatic heterocycles. The Morgan fingerprint density at radius 2 is 1.83 bits per heavy atom. The minimum Gasteiger partial charge on any atom is -0.286 e. The Balaban J connectivity index is 2.92. The molecule has 0 spiro atoms. The summed E-state index contributed by atoms with van der Waals surface area (Å²) in [6.07, 6.45) is 4.14. The van der Waals surface area contributed by atoms with Crippen molar-refractivity contribution in [1.82, 2.24) is 0 Å². The van der Waals surface area contributed by atoms with Crippen LogP contribution in [0.3, 0.4) is 0 Å². The third-order valence-corrected chi connectivity index (χ3v) is 2.32. The van der Waals surface area contributed by atoms with E-state index in [4.69, 9.17) is 4.18 Å². The van der Waals surface area contributed by atoms with Crippen LogP contribution in [0.25, 0.3) is 0 Å². The Kier molecular flexibility index (Phi) is 3.04. The maximum atomic E-state index is 5.65. The van der Waals surface area contributed by atoms with E-state index in [1.54, 1.807) is 0 Å². The maximum Gasteiger partial charge on any atom is 0.191 e. The van der Waals surface area contributed by atoms with Gasteiger partial charge in [-0.2, -0.15) is 0 Å². The van der Waals surface area contributed by atoms with Crippen molar-refractivity contribution in [1.29, 1.82) is 0 Å². The predicted molar refractivity (Wildman–Crippen MR) is 55.8 cm³/mol. The van der Waals surface area contributed by atoms with E-state index >= 15 is 0 Å². The van der Waals surface area contributed by atoms with Crippen molar-refractivity contribution in [3.05, 3.63) is 29.3 Å². The summed E-state index contributed by atoms with van der Waals surface area (Å²) in [5, 5.41) is 0. The van der Waals surface area contributed by atoms with Crippen LogP contribution < -0.4 is 4.18 Å². The average molecular weight is 183 g/mol. The zero-order valence-electron chi connectivity index (χ0n) is 8.05. The smallest absolute Gasteiger partial charge is 0.191 e. The molecule has 1 nitrogen and oxygen atoms in total. The first kappa shape index (κ1) is 9.46. The molecule has 0 saturated carbocycles. The summed E-state index contributed by atoms with van der Waals surface area (Å²) >= 11 is 0.0149. The van der Waals surface area contributed by atoms with Gasteiger partial charge < -0.3 is 0 Å². The molecule has 1 rings (SSSR count). The van der Waals surface area contributed by atoms with Gasteiger partial charge in [-0.1, -0.05) is 12.1 Å². The van der Waals surface area contributed by atoms with Crippen LogP contribution in [0, 0.1) is 13.8 Å². The predicted octanol–water partition coefficient (Wildman–Crippen LogP) is 2.48. The van der Waals surface area contributed by atoms with Gasteiger partial charge in [0.15, 0.2) is 16.9 Å². The van der Waals surface area contributed by atoms with E-state index in [-0.39, 0.29) is 11.2 Å². The molecule has 1 aromatic carbocycles. The van der Waals surface area contributed by atoms with Crippen LogP contribution in [-0.4, -0.2) is 12.5 Å². The molecule has 0 bridgehead atoms. The summed E-state index contributed by atoms with van der Waals surface area (Å²) in [5.41, 5.74) is 2.54. The fourth-order valence-electron chi connectivity index (χ4n) is 0.994. The molecule has 12 heavy (non-hydrogen) atoms. The van der Waals surface area contributed by atoms with Crippen LogP contribution in [-0.2, 0) is 11.2 Å². The first-order valence-electron chi connectivity index (χ1n) is 3.93. The number of hydrogen-bond acceptors (Lipinski definition) is 1. The van der Waals surface area contributed by atoms with Crippen molar-refractivity contribution in [3.8, 4) is 5.75 Å². The van der Waals surface area contributed by atoms with E-state index < -0.39 is 0 Å². The molecule has 0 saturated heterocycles. The summed E-state index contributed by atoms with van der Waals surface area (Å²) in [6, 6.07) is 6.16. The van der Waals surface area contributed by atoms with Crippen LogP contribution in [0.1, 0.15) is 11.1 Å². The minimum atomic E-state index is 0.0149. The van der Waals surface area contributed by atoms with E-state index in [0.717, 1.165) is 5.75 Å². The van der Waals surface area contributed by atoms with Crippen molar-refractivity contribution in [3.63, 3.8) is 0 Å². The summed E-state index contributed by atoms with van der Waals surface area (Å²) in [7, 11) is 0. The lowest BCUT2D eigenvalue weighted by molar-refractivity contribution is 0.628. The molecule has 0 aliphatic rings. The first-order chi connectivity index (χ1) is 5.61. The van der Waals surface area contributed by atoms with E-state index in [0.29, 0.717) is 0 Å². The highest BCUT2D eigenvalue weighted by molar-refractivity contribution is 7.91.